The molecule has 0 bridgehead atoms. The van der Waals surface area contributed by atoms with Gasteiger partial charge in [-0.2, -0.15) is 13.2 Å². The van der Waals surface area contributed by atoms with Crippen LogP contribution in [0.1, 0.15) is 34.4 Å². The maximum absolute atomic E-state index is 13.7. The summed E-state index contributed by atoms with van der Waals surface area (Å²) < 4.78 is 38.7. The number of halogens is 3. The van der Waals surface area contributed by atoms with E-state index in [1.54, 1.807) is 0 Å². The lowest BCUT2D eigenvalue weighted by molar-refractivity contribution is -0.136. The number of nitrogens with zero attached hydrogens (tertiary/aromatic N) is 2. The Morgan fingerprint density at radius 3 is 2.75 bits per heavy atom. The number of hydrogen-bond donors (Lipinski definition) is 1. The molecule has 0 radical (unpaired) electrons. The quantitative estimate of drug-likeness (QED) is 0.423. The van der Waals surface area contributed by atoms with E-state index >= 15 is 0 Å². The summed E-state index contributed by atoms with van der Waals surface area (Å²) in [5, 5.41) is 2.79. The first kappa shape index (κ1) is 22.8. The second kappa shape index (κ2) is 8.90. The molecule has 0 fully saturated rings. The summed E-state index contributed by atoms with van der Waals surface area (Å²) in [7, 11) is 0. The molecule has 0 spiro atoms. The third-order valence-corrected chi connectivity index (χ3v) is 7.51. The van der Waals surface area contributed by atoms with Gasteiger partial charge >= 0.3 is 6.18 Å². The number of thiophene rings is 1. The minimum absolute atomic E-state index is 0.193. The first-order valence-corrected chi connectivity index (χ1v) is 12.1. The summed E-state index contributed by atoms with van der Waals surface area (Å²) in [5.41, 5.74) is 3.36. The molecule has 5 nitrogen and oxygen atoms in total. The van der Waals surface area contributed by atoms with Crippen molar-refractivity contribution in [2.75, 3.05) is 12.3 Å². The minimum atomic E-state index is -4.48. The Balaban J connectivity index is 1.79. The molecule has 170 valence electrons. The van der Waals surface area contributed by atoms with Gasteiger partial charge in [0.2, 0.25) is 5.91 Å². The highest BCUT2D eigenvalue weighted by Crippen LogP contribution is 2.35. The normalized spacial score (nSPS) is 13.9. The van der Waals surface area contributed by atoms with Crippen LogP contribution in [0.15, 0.2) is 28.2 Å². The summed E-state index contributed by atoms with van der Waals surface area (Å²) >= 11 is 2.47. The third-order valence-electron chi connectivity index (χ3n) is 5.38. The van der Waals surface area contributed by atoms with Crippen molar-refractivity contribution in [2.24, 2.45) is 0 Å². The molecule has 0 saturated heterocycles. The largest absolute Gasteiger partial charge is 0.405 e. The Kier molecular flexibility index (Phi) is 6.35. The smallest absolute Gasteiger partial charge is 0.346 e. The molecule has 0 atom stereocenters. The lowest BCUT2D eigenvalue weighted by atomic mass is 9.97. The molecule has 1 aliphatic rings. The van der Waals surface area contributed by atoms with Crippen LogP contribution < -0.4 is 10.9 Å². The molecule has 32 heavy (non-hydrogen) atoms. The first-order valence-electron chi connectivity index (χ1n) is 10.3. The van der Waals surface area contributed by atoms with Gasteiger partial charge in [-0.3, -0.25) is 14.2 Å². The summed E-state index contributed by atoms with van der Waals surface area (Å²) in [4.78, 5) is 32.2. The fraction of sp³-hybridized carbons (Fsp3) is 0.409. The molecule has 2 heterocycles. The lowest BCUT2D eigenvalue weighted by Crippen LogP contribution is -2.35. The number of carbonyl (C=O) groups excluding carboxylic acids is 1. The van der Waals surface area contributed by atoms with E-state index in [0.29, 0.717) is 21.1 Å². The summed E-state index contributed by atoms with van der Waals surface area (Å²) in [6, 6.07) is 5.74. The van der Waals surface area contributed by atoms with Crippen LogP contribution in [-0.2, 0) is 17.6 Å². The van der Waals surface area contributed by atoms with Crippen LogP contribution in [0.4, 0.5) is 13.2 Å². The van der Waals surface area contributed by atoms with Crippen molar-refractivity contribution in [2.45, 2.75) is 50.9 Å². The van der Waals surface area contributed by atoms with Crippen molar-refractivity contribution in [1.29, 1.82) is 0 Å². The molecule has 0 unspecified atom stereocenters. The van der Waals surface area contributed by atoms with Crippen LogP contribution in [0.5, 0.6) is 0 Å². The number of rotatable bonds is 5. The van der Waals surface area contributed by atoms with Gasteiger partial charge in [-0.1, -0.05) is 23.9 Å². The fourth-order valence-corrected chi connectivity index (χ4v) is 5.97. The number of aryl methyl sites for hydroxylation is 4. The standard InChI is InChI=1S/C22H22F3N3O2S2/c1-12-7-8-13(2)15(9-12)28-20(30)18-14-5-3-4-6-16(14)32-19(18)27-21(28)31-10-17(29)26-11-22(23,24)25/h7-9H,3-6,10-11H2,1-2H3,(H,26,29). The van der Waals surface area contributed by atoms with Gasteiger partial charge in [0.1, 0.15) is 11.4 Å². The van der Waals surface area contributed by atoms with Crippen molar-refractivity contribution < 1.29 is 18.0 Å². The fourth-order valence-electron chi connectivity index (χ4n) is 3.84. The van der Waals surface area contributed by atoms with Crippen LogP contribution in [0.3, 0.4) is 0 Å². The van der Waals surface area contributed by atoms with E-state index < -0.39 is 18.6 Å². The Hall–Kier alpha value is -2.33. The Morgan fingerprint density at radius 1 is 1.25 bits per heavy atom. The number of amides is 1. The SMILES string of the molecule is Cc1ccc(C)c(-n2c(SCC(=O)NCC(F)(F)F)nc3sc4c(c3c2=O)CCCC4)c1. The molecule has 1 N–H and O–H groups in total. The van der Waals surface area contributed by atoms with E-state index in [-0.39, 0.29) is 11.3 Å². The van der Waals surface area contributed by atoms with Gasteiger partial charge in [-0.25, -0.2) is 4.98 Å². The van der Waals surface area contributed by atoms with Crippen LogP contribution in [-0.4, -0.2) is 33.9 Å². The molecular weight excluding hydrogens is 459 g/mol. The van der Waals surface area contributed by atoms with E-state index in [9.17, 15) is 22.8 Å². The summed E-state index contributed by atoms with van der Waals surface area (Å²) in [5.74, 6) is -1.04. The molecule has 0 aliphatic heterocycles. The molecule has 10 heteroatoms. The summed E-state index contributed by atoms with van der Waals surface area (Å²) in [6.45, 7) is 2.42. The Bertz CT molecular complexity index is 1250. The average molecular weight is 482 g/mol. The molecule has 1 amide bonds. The van der Waals surface area contributed by atoms with Crippen molar-refractivity contribution in [3.63, 3.8) is 0 Å². The van der Waals surface area contributed by atoms with Gasteiger partial charge in [0.25, 0.3) is 5.56 Å². The predicted molar refractivity (Wildman–Crippen MR) is 121 cm³/mol. The highest BCUT2D eigenvalue weighted by molar-refractivity contribution is 7.99. The van der Waals surface area contributed by atoms with E-state index in [4.69, 9.17) is 4.98 Å². The Morgan fingerprint density at radius 2 is 2.00 bits per heavy atom. The summed E-state index contributed by atoms with van der Waals surface area (Å²) in [6.07, 6.45) is -0.620. The van der Waals surface area contributed by atoms with Crippen molar-refractivity contribution >= 4 is 39.2 Å². The number of alkyl halides is 3. The van der Waals surface area contributed by atoms with Crippen LogP contribution >= 0.6 is 23.1 Å². The van der Waals surface area contributed by atoms with E-state index in [1.807, 2.05) is 37.4 Å². The maximum atomic E-state index is 13.7. The number of nitrogens with one attached hydrogen (secondary N) is 1. The number of benzene rings is 1. The van der Waals surface area contributed by atoms with Gasteiger partial charge in [0, 0.05) is 4.88 Å². The van der Waals surface area contributed by atoms with Gasteiger partial charge in [-0.05, 0) is 62.3 Å². The minimum Gasteiger partial charge on any atom is -0.346 e. The van der Waals surface area contributed by atoms with Crippen molar-refractivity contribution in [1.82, 2.24) is 14.9 Å². The topological polar surface area (TPSA) is 64.0 Å². The second-order valence-electron chi connectivity index (χ2n) is 7.90. The molecular formula is C22H22F3N3O2S2. The lowest BCUT2D eigenvalue weighted by Gasteiger charge is -2.16. The first-order chi connectivity index (χ1) is 15.1. The molecule has 1 aliphatic carbocycles. The maximum Gasteiger partial charge on any atom is 0.405 e. The number of fused-ring (bicyclic) bond motifs is 3. The van der Waals surface area contributed by atoms with Gasteiger partial charge in [-0.15, -0.1) is 11.3 Å². The highest BCUT2D eigenvalue weighted by Gasteiger charge is 2.28. The second-order valence-corrected chi connectivity index (χ2v) is 9.92. The number of carbonyl (C=O) groups is 1. The van der Waals surface area contributed by atoms with Gasteiger partial charge < -0.3 is 5.32 Å². The van der Waals surface area contributed by atoms with Gasteiger partial charge in [0.15, 0.2) is 5.16 Å². The molecule has 3 aromatic rings. The molecule has 1 aromatic carbocycles. The van der Waals surface area contributed by atoms with E-state index in [1.165, 1.54) is 20.8 Å². The molecule has 0 saturated carbocycles. The monoisotopic (exact) mass is 481 g/mol. The molecule has 4 rings (SSSR count). The molecule has 2 aromatic heterocycles. The number of hydrogen-bond acceptors (Lipinski definition) is 5. The van der Waals surface area contributed by atoms with E-state index in [0.717, 1.165) is 54.1 Å². The number of thioether (sulfide) groups is 1. The van der Waals surface area contributed by atoms with E-state index in [2.05, 4.69) is 0 Å². The van der Waals surface area contributed by atoms with Crippen molar-refractivity contribution in [3.05, 3.63) is 50.1 Å². The zero-order valence-electron chi connectivity index (χ0n) is 17.6. The zero-order valence-corrected chi connectivity index (χ0v) is 19.3. The predicted octanol–water partition coefficient (Wildman–Crippen LogP) is 4.71. The average Bonchev–Trinajstić information content (AvgIpc) is 3.11. The van der Waals surface area contributed by atoms with Crippen LogP contribution in [0.2, 0.25) is 0 Å². The van der Waals surface area contributed by atoms with Crippen LogP contribution in [0, 0.1) is 13.8 Å². The van der Waals surface area contributed by atoms with Crippen molar-refractivity contribution in [3.8, 4) is 5.69 Å². The Labute approximate surface area is 191 Å². The number of aromatic nitrogens is 2. The zero-order chi connectivity index (χ0) is 23.0. The van der Waals surface area contributed by atoms with Gasteiger partial charge in [0.05, 0.1) is 16.8 Å². The third kappa shape index (κ3) is 4.71. The highest BCUT2D eigenvalue weighted by atomic mass is 32.2. The van der Waals surface area contributed by atoms with Crippen LogP contribution in [0.25, 0.3) is 15.9 Å².